The lowest BCUT2D eigenvalue weighted by Crippen LogP contribution is -2.50. The number of benzene rings is 1. The minimum absolute atomic E-state index is 0. The smallest absolute Gasteiger partial charge is 0.193 e. The van der Waals surface area contributed by atoms with Gasteiger partial charge in [0, 0.05) is 49.5 Å². The van der Waals surface area contributed by atoms with Crippen LogP contribution in [0.4, 0.5) is 5.82 Å². The van der Waals surface area contributed by atoms with Crippen molar-refractivity contribution >= 4 is 24.0 Å². The minimum Gasteiger partial charge on any atom is -0.354 e. The molecule has 140 valence electrons. The average molecular weight is 374 g/mol. The van der Waals surface area contributed by atoms with Crippen LogP contribution in [0.25, 0.3) is 0 Å². The topological polar surface area (TPSA) is 36.4 Å². The van der Waals surface area contributed by atoms with Crippen molar-refractivity contribution in [2.75, 3.05) is 31.1 Å². The van der Waals surface area contributed by atoms with Crippen molar-refractivity contribution in [1.29, 1.82) is 0 Å². The molecule has 4 nitrogen and oxygen atoms in total. The lowest BCUT2D eigenvalue weighted by atomic mass is 10.0. The zero-order chi connectivity index (χ0) is 17.6. The van der Waals surface area contributed by atoms with Crippen molar-refractivity contribution in [1.82, 2.24) is 9.88 Å². The summed E-state index contributed by atoms with van der Waals surface area (Å²) < 4.78 is 0. The quantitative estimate of drug-likeness (QED) is 0.716. The van der Waals surface area contributed by atoms with Crippen molar-refractivity contribution < 1.29 is 4.79 Å². The highest BCUT2D eigenvalue weighted by molar-refractivity contribution is 6.09. The molecule has 1 aromatic carbocycles. The Kier molecular flexibility index (Phi) is 7.61. The fourth-order valence-corrected chi connectivity index (χ4v) is 3.61. The van der Waals surface area contributed by atoms with Crippen molar-refractivity contribution in [2.24, 2.45) is 0 Å². The fraction of sp³-hybridized carbons (Fsp3) is 0.429. The predicted octanol–water partition coefficient (Wildman–Crippen LogP) is 4.05. The number of hydrogen-bond donors (Lipinski definition) is 0. The lowest BCUT2D eigenvalue weighted by Gasteiger charge is -2.39. The van der Waals surface area contributed by atoms with Gasteiger partial charge in [0.2, 0.25) is 0 Å². The summed E-state index contributed by atoms with van der Waals surface area (Å²) in [6.45, 7) is 8.58. The number of carbonyl (C=O) groups is 1. The first-order valence-corrected chi connectivity index (χ1v) is 9.27. The van der Waals surface area contributed by atoms with Gasteiger partial charge < -0.3 is 4.90 Å². The molecular formula is C21H28ClN3O. The molecule has 3 rings (SSSR count). The molecule has 0 aliphatic carbocycles. The maximum atomic E-state index is 12.6. The molecule has 0 bridgehead atoms. The molecule has 2 aromatic rings. The number of nitrogens with zero attached hydrogens (tertiary/aromatic N) is 3. The molecule has 0 spiro atoms. The number of carbonyl (C=O) groups excluding carboxylic acids is 1. The first kappa shape index (κ1) is 20.4. The van der Waals surface area contributed by atoms with E-state index in [2.05, 4.69) is 28.6 Å². The van der Waals surface area contributed by atoms with Gasteiger partial charge in [-0.25, -0.2) is 4.98 Å². The van der Waals surface area contributed by atoms with Gasteiger partial charge in [0.05, 0.1) is 0 Å². The third-order valence-corrected chi connectivity index (χ3v) is 5.14. The van der Waals surface area contributed by atoms with Gasteiger partial charge in [-0.15, -0.1) is 12.4 Å². The van der Waals surface area contributed by atoms with Crippen LogP contribution in [0, 0.1) is 0 Å². The van der Waals surface area contributed by atoms with Crippen molar-refractivity contribution in [3.05, 3.63) is 59.8 Å². The Morgan fingerprint density at radius 2 is 1.65 bits per heavy atom. The van der Waals surface area contributed by atoms with Gasteiger partial charge in [0.25, 0.3) is 0 Å². The third kappa shape index (κ3) is 4.63. The second kappa shape index (κ2) is 9.70. The summed E-state index contributed by atoms with van der Waals surface area (Å²) in [6.07, 6.45) is 4.16. The van der Waals surface area contributed by atoms with E-state index < -0.39 is 0 Å². The summed E-state index contributed by atoms with van der Waals surface area (Å²) in [6, 6.07) is 13.9. The predicted molar refractivity (Wildman–Crippen MR) is 110 cm³/mol. The first-order valence-electron chi connectivity index (χ1n) is 9.27. The van der Waals surface area contributed by atoms with Gasteiger partial charge in [0.1, 0.15) is 5.82 Å². The molecule has 1 aromatic heterocycles. The number of pyridine rings is 1. The zero-order valence-corrected chi connectivity index (χ0v) is 16.4. The summed E-state index contributed by atoms with van der Waals surface area (Å²) >= 11 is 0. The van der Waals surface area contributed by atoms with E-state index in [4.69, 9.17) is 0 Å². The van der Waals surface area contributed by atoms with Gasteiger partial charge >= 0.3 is 0 Å². The molecule has 5 heteroatoms. The van der Waals surface area contributed by atoms with E-state index in [1.165, 1.54) is 12.8 Å². The Bertz CT molecular complexity index is 695. The van der Waals surface area contributed by atoms with Crippen molar-refractivity contribution in [2.45, 2.75) is 32.7 Å². The fourth-order valence-electron chi connectivity index (χ4n) is 3.61. The average Bonchev–Trinajstić information content (AvgIpc) is 2.70. The van der Waals surface area contributed by atoms with Crippen LogP contribution in [0.15, 0.2) is 48.7 Å². The summed E-state index contributed by atoms with van der Waals surface area (Å²) in [7, 11) is 0. The minimum atomic E-state index is 0. The number of rotatable bonds is 6. The Hall–Kier alpha value is -1.91. The molecule has 0 saturated carbocycles. The summed E-state index contributed by atoms with van der Waals surface area (Å²) in [5, 5.41) is 0. The normalized spacial score (nSPS) is 15.0. The largest absolute Gasteiger partial charge is 0.354 e. The molecule has 0 atom stereocenters. The maximum absolute atomic E-state index is 12.6. The maximum Gasteiger partial charge on any atom is 0.193 e. The van der Waals surface area contributed by atoms with Gasteiger partial charge in [-0.2, -0.15) is 0 Å². The number of halogens is 1. The molecule has 1 fully saturated rings. The lowest BCUT2D eigenvalue weighted by molar-refractivity contribution is 0.103. The van der Waals surface area contributed by atoms with Gasteiger partial charge in [-0.3, -0.25) is 9.69 Å². The van der Waals surface area contributed by atoms with Crippen LogP contribution < -0.4 is 4.90 Å². The third-order valence-electron chi connectivity index (χ3n) is 5.14. The highest BCUT2D eigenvalue weighted by atomic mass is 35.5. The molecule has 0 N–H and O–H groups in total. The van der Waals surface area contributed by atoms with Gasteiger partial charge in [-0.05, 0) is 25.0 Å². The van der Waals surface area contributed by atoms with Crippen LogP contribution in [0.3, 0.4) is 0 Å². The molecule has 0 amide bonds. The number of aromatic nitrogens is 1. The van der Waals surface area contributed by atoms with Crippen LogP contribution in [0.5, 0.6) is 0 Å². The van der Waals surface area contributed by atoms with E-state index in [-0.39, 0.29) is 18.2 Å². The number of piperazine rings is 1. The van der Waals surface area contributed by atoms with Crippen LogP contribution >= 0.6 is 12.4 Å². The van der Waals surface area contributed by atoms with Crippen LogP contribution in [0.1, 0.15) is 42.6 Å². The highest BCUT2D eigenvalue weighted by Gasteiger charge is 2.22. The first-order chi connectivity index (χ1) is 12.2. The molecule has 1 aliphatic rings. The zero-order valence-electron chi connectivity index (χ0n) is 15.6. The van der Waals surface area contributed by atoms with E-state index in [1.54, 1.807) is 12.3 Å². The summed E-state index contributed by atoms with van der Waals surface area (Å²) in [5.74, 6) is 0.964. The SMILES string of the molecule is CCC(CC)N1CCN(c2cc(C(=O)c3ccccc3)ccn2)CC1.Cl. The molecular weight excluding hydrogens is 346 g/mol. The van der Waals surface area contributed by atoms with Crippen molar-refractivity contribution in [3.8, 4) is 0 Å². The Morgan fingerprint density at radius 1 is 1.00 bits per heavy atom. The number of ketones is 1. The van der Waals surface area contributed by atoms with E-state index in [9.17, 15) is 4.79 Å². The van der Waals surface area contributed by atoms with E-state index in [1.807, 2.05) is 36.4 Å². The Balaban J connectivity index is 0.00000243. The van der Waals surface area contributed by atoms with Gasteiger partial charge in [0.15, 0.2) is 5.78 Å². The second-order valence-electron chi connectivity index (χ2n) is 6.59. The number of anilines is 1. The molecule has 1 aliphatic heterocycles. The monoisotopic (exact) mass is 373 g/mol. The molecule has 0 unspecified atom stereocenters. The Labute approximate surface area is 162 Å². The molecule has 1 saturated heterocycles. The van der Waals surface area contributed by atoms with Crippen LogP contribution in [0.2, 0.25) is 0 Å². The van der Waals surface area contributed by atoms with Crippen LogP contribution in [-0.4, -0.2) is 47.9 Å². The second-order valence-corrected chi connectivity index (χ2v) is 6.59. The summed E-state index contributed by atoms with van der Waals surface area (Å²) in [4.78, 5) is 22.0. The Morgan fingerprint density at radius 3 is 2.27 bits per heavy atom. The summed E-state index contributed by atoms with van der Waals surface area (Å²) in [5.41, 5.74) is 1.43. The van der Waals surface area contributed by atoms with Crippen LogP contribution in [-0.2, 0) is 0 Å². The van der Waals surface area contributed by atoms with Crippen molar-refractivity contribution in [3.63, 3.8) is 0 Å². The van der Waals surface area contributed by atoms with E-state index in [0.29, 0.717) is 11.6 Å². The highest BCUT2D eigenvalue weighted by Crippen LogP contribution is 2.19. The molecule has 26 heavy (non-hydrogen) atoms. The van der Waals surface area contributed by atoms with Gasteiger partial charge in [-0.1, -0.05) is 44.2 Å². The van der Waals surface area contributed by atoms with E-state index in [0.717, 1.165) is 37.6 Å². The molecule has 2 heterocycles. The molecule has 0 radical (unpaired) electrons. The van der Waals surface area contributed by atoms with E-state index >= 15 is 0 Å². The standard InChI is InChI=1S/C21H27N3O.ClH/c1-3-19(4-2)23-12-14-24(15-13-23)20-16-18(10-11-22-20)21(25)17-8-6-5-7-9-17;/h5-11,16,19H,3-4,12-15H2,1-2H3;1H. The number of hydrogen-bond acceptors (Lipinski definition) is 4.